The third-order valence-corrected chi connectivity index (χ3v) is 3.40. The van der Waals surface area contributed by atoms with E-state index in [0.29, 0.717) is 12.1 Å². The molecule has 0 saturated heterocycles. The highest BCUT2D eigenvalue weighted by molar-refractivity contribution is 5.96. The second-order valence-electron chi connectivity index (χ2n) is 5.32. The van der Waals surface area contributed by atoms with Gasteiger partial charge in [0.25, 0.3) is 5.91 Å². The predicted octanol–water partition coefficient (Wildman–Crippen LogP) is 1.96. The Labute approximate surface area is 125 Å². The molecule has 5 heteroatoms. The largest absolute Gasteiger partial charge is 0.352 e. The molecule has 5 nitrogen and oxygen atoms in total. The second kappa shape index (κ2) is 6.54. The molecule has 0 aliphatic heterocycles. The van der Waals surface area contributed by atoms with E-state index in [1.165, 1.54) is 0 Å². The van der Waals surface area contributed by atoms with Crippen molar-refractivity contribution in [2.45, 2.75) is 33.2 Å². The molecule has 0 fully saturated rings. The molecule has 1 aromatic heterocycles. The molecule has 0 saturated carbocycles. The zero-order valence-electron chi connectivity index (χ0n) is 12.8. The van der Waals surface area contributed by atoms with Crippen LogP contribution in [0.5, 0.6) is 0 Å². The number of aromatic nitrogens is 2. The number of aryl methyl sites for hydroxylation is 1. The van der Waals surface area contributed by atoms with Gasteiger partial charge in [-0.15, -0.1) is 0 Å². The third kappa shape index (κ3) is 3.49. The summed E-state index contributed by atoms with van der Waals surface area (Å²) < 4.78 is 1.80. The lowest BCUT2D eigenvalue weighted by Gasteiger charge is -2.08. The Kier molecular flexibility index (Phi) is 4.75. The number of amides is 1. The van der Waals surface area contributed by atoms with Crippen molar-refractivity contribution >= 4 is 5.91 Å². The Bertz CT molecular complexity index is 617. The van der Waals surface area contributed by atoms with Gasteiger partial charge in [0.05, 0.1) is 22.6 Å². The molecular weight excluding hydrogens is 264 g/mol. The van der Waals surface area contributed by atoms with E-state index >= 15 is 0 Å². The van der Waals surface area contributed by atoms with E-state index in [2.05, 4.69) is 10.4 Å². The number of hydrogen-bond donors (Lipinski definition) is 2. The van der Waals surface area contributed by atoms with E-state index in [1.54, 1.807) is 4.68 Å². The van der Waals surface area contributed by atoms with Crippen LogP contribution in [0, 0.1) is 13.8 Å². The van der Waals surface area contributed by atoms with Gasteiger partial charge in [0.2, 0.25) is 0 Å². The Balaban J connectivity index is 2.22. The van der Waals surface area contributed by atoms with Crippen LogP contribution in [0.25, 0.3) is 5.69 Å². The summed E-state index contributed by atoms with van der Waals surface area (Å²) in [5.41, 5.74) is 8.86. The number of carbonyl (C=O) groups is 1. The minimum absolute atomic E-state index is 0.0829. The first-order valence-corrected chi connectivity index (χ1v) is 7.16. The van der Waals surface area contributed by atoms with Crippen molar-refractivity contribution in [2.75, 3.05) is 6.54 Å². The van der Waals surface area contributed by atoms with Crippen molar-refractivity contribution in [1.29, 1.82) is 0 Å². The maximum atomic E-state index is 12.3. The van der Waals surface area contributed by atoms with Gasteiger partial charge in [-0.1, -0.05) is 18.2 Å². The first-order valence-electron chi connectivity index (χ1n) is 7.16. The van der Waals surface area contributed by atoms with Gasteiger partial charge in [-0.2, -0.15) is 5.10 Å². The summed E-state index contributed by atoms with van der Waals surface area (Å²) in [6.45, 7) is 6.27. The van der Waals surface area contributed by atoms with Gasteiger partial charge in [0.1, 0.15) is 0 Å². The zero-order valence-corrected chi connectivity index (χ0v) is 12.8. The lowest BCUT2D eigenvalue weighted by atomic mass is 10.1. The fraction of sp³-hybridized carbons (Fsp3) is 0.375. The Morgan fingerprint density at radius 1 is 1.33 bits per heavy atom. The highest BCUT2D eigenvalue weighted by atomic mass is 16.1. The van der Waals surface area contributed by atoms with E-state index in [1.807, 2.05) is 51.1 Å². The number of benzene rings is 1. The maximum absolute atomic E-state index is 12.3. The molecule has 1 heterocycles. The summed E-state index contributed by atoms with van der Waals surface area (Å²) in [4.78, 5) is 12.3. The first-order chi connectivity index (χ1) is 10.0. The van der Waals surface area contributed by atoms with E-state index in [4.69, 9.17) is 5.73 Å². The molecule has 1 unspecified atom stereocenters. The highest BCUT2D eigenvalue weighted by Crippen LogP contribution is 2.17. The first kappa shape index (κ1) is 15.3. The van der Waals surface area contributed by atoms with Crippen molar-refractivity contribution in [3.05, 3.63) is 47.3 Å². The van der Waals surface area contributed by atoms with Crippen LogP contribution in [0.2, 0.25) is 0 Å². The number of rotatable bonds is 5. The average Bonchev–Trinajstić information content (AvgIpc) is 2.74. The molecule has 21 heavy (non-hydrogen) atoms. The Morgan fingerprint density at radius 2 is 2.00 bits per heavy atom. The molecular formula is C16H22N4O. The summed E-state index contributed by atoms with van der Waals surface area (Å²) in [5.74, 6) is -0.0900. The zero-order chi connectivity index (χ0) is 15.4. The molecule has 1 atom stereocenters. The van der Waals surface area contributed by atoms with Crippen molar-refractivity contribution < 1.29 is 4.79 Å². The van der Waals surface area contributed by atoms with Crippen molar-refractivity contribution in [2.24, 2.45) is 5.73 Å². The minimum Gasteiger partial charge on any atom is -0.352 e. The van der Waals surface area contributed by atoms with Crippen molar-refractivity contribution in [3.63, 3.8) is 0 Å². The van der Waals surface area contributed by atoms with Gasteiger partial charge in [-0.3, -0.25) is 4.79 Å². The summed E-state index contributed by atoms with van der Waals surface area (Å²) >= 11 is 0. The molecule has 1 amide bonds. The molecule has 112 valence electrons. The van der Waals surface area contributed by atoms with Crippen LogP contribution < -0.4 is 11.1 Å². The van der Waals surface area contributed by atoms with E-state index in [0.717, 1.165) is 23.5 Å². The molecule has 0 aliphatic carbocycles. The summed E-state index contributed by atoms with van der Waals surface area (Å²) in [6, 6.07) is 9.88. The SMILES string of the molecule is Cc1nn(-c2ccccc2)c(C)c1C(=O)NCCC(C)N. The lowest BCUT2D eigenvalue weighted by molar-refractivity contribution is 0.0951. The normalized spacial score (nSPS) is 12.2. The van der Waals surface area contributed by atoms with Crippen LogP contribution in [-0.2, 0) is 0 Å². The van der Waals surface area contributed by atoms with Crippen LogP contribution in [0.15, 0.2) is 30.3 Å². The Morgan fingerprint density at radius 3 is 2.62 bits per heavy atom. The number of hydrogen-bond acceptors (Lipinski definition) is 3. The van der Waals surface area contributed by atoms with Gasteiger partial charge in [0, 0.05) is 12.6 Å². The molecule has 0 radical (unpaired) electrons. The smallest absolute Gasteiger partial charge is 0.255 e. The molecule has 2 aromatic rings. The lowest BCUT2D eigenvalue weighted by Crippen LogP contribution is -2.29. The quantitative estimate of drug-likeness (QED) is 0.882. The van der Waals surface area contributed by atoms with Crippen LogP contribution in [0.4, 0.5) is 0 Å². The fourth-order valence-corrected chi connectivity index (χ4v) is 2.29. The monoisotopic (exact) mass is 286 g/mol. The summed E-state index contributed by atoms with van der Waals surface area (Å²) in [6.07, 6.45) is 0.761. The van der Waals surface area contributed by atoms with Crippen LogP contribution >= 0.6 is 0 Å². The fourth-order valence-electron chi connectivity index (χ4n) is 2.29. The molecule has 0 bridgehead atoms. The minimum atomic E-state index is -0.0900. The number of nitrogens with one attached hydrogen (secondary N) is 1. The van der Waals surface area contributed by atoms with Crippen molar-refractivity contribution in [3.8, 4) is 5.69 Å². The van der Waals surface area contributed by atoms with E-state index in [-0.39, 0.29) is 11.9 Å². The predicted molar refractivity (Wildman–Crippen MR) is 83.6 cm³/mol. The molecule has 1 aromatic carbocycles. The number of para-hydroxylation sites is 1. The number of carbonyl (C=O) groups excluding carboxylic acids is 1. The maximum Gasteiger partial charge on any atom is 0.255 e. The van der Waals surface area contributed by atoms with Gasteiger partial charge in [-0.25, -0.2) is 4.68 Å². The highest BCUT2D eigenvalue weighted by Gasteiger charge is 2.18. The second-order valence-corrected chi connectivity index (χ2v) is 5.32. The summed E-state index contributed by atoms with van der Waals surface area (Å²) in [7, 11) is 0. The topological polar surface area (TPSA) is 72.9 Å². The van der Waals surface area contributed by atoms with Crippen molar-refractivity contribution in [1.82, 2.24) is 15.1 Å². The average molecular weight is 286 g/mol. The van der Waals surface area contributed by atoms with Crippen LogP contribution in [0.1, 0.15) is 35.1 Å². The van der Waals surface area contributed by atoms with Crippen LogP contribution in [0.3, 0.4) is 0 Å². The van der Waals surface area contributed by atoms with Gasteiger partial charge in [-0.05, 0) is 39.3 Å². The van der Waals surface area contributed by atoms with E-state index in [9.17, 15) is 4.79 Å². The van der Waals surface area contributed by atoms with Gasteiger partial charge in [0.15, 0.2) is 0 Å². The Hall–Kier alpha value is -2.14. The third-order valence-electron chi connectivity index (χ3n) is 3.40. The summed E-state index contributed by atoms with van der Waals surface area (Å²) in [5, 5.41) is 7.38. The standard InChI is InChI=1S/C16H22N4O/c1-11(17)9-10-18-16(21)15-12(2)19-20(13(15)3)14-7-5-4-6-8-14/h4-8,11H,9-10,17H2,1-3H3,(H,18,21). The molecule has 3 N–H and O–H groups in total. The molecule has 0 spiro atoms. The van der Waals surface area contributed by atoms with Gasteiger partial charge < -0.3 is 11.1 Å². The van der Waals surface area contributed by atoms with Crippen LogP contribution in [-0.4, -0.2) is 28.3 Å². The van der Waals surface area contributed by atoms with Gasteiger partial charge >= 0.3 is 0 Å². The molecule has 2 rings (SSSR count). The number of nitrogens with two attached hydrogens (primary N) is 1. The number of nitrogens with zero attached hydrogens (tertiary/aromatic N) is 2. The van der Waals surface area contributed by atoms with E-state index < -0.39 is 0 Å². The molecule has 0 aliphatic rings.